The van der Waals surface area contributed by atoms with Crippen LogP contribution in [0.1, 0.15) is 76.2 Å². The second-order valence-electron chi connectivity index (χ2n) is 10.8. The summed E-state index contributed by atoms with van der Waals surface area (Å²) in [6, 6.07) is 23.8. The van der Waals surface area contributed by atoms with Crippen LogP contribution in [0.3, 0.4) is 0 Å². The third kappa shape index (κ3) is 5.08. The van der Waals surface area contributed by atoms with Crippen molar-refractivity contribution in [1.82, 2.24) is 5.43 Å². The van der Waals surface area contributed by atoms with E-state index in [-0.39, 0.29) is 29.4 Å². The molecule has 0 spiro atoms. The van der Waals surface area contributed by atoms with Crippen LogP contribution in [0.25, 0.3) is 0 Å². The maximum absolute atomic E-state index is 13.9. The molecule has 1 atom stereocenters. The van der Waals surface area contributed by atoms with Crippen molar-refractivity contribution in [3.8, 4) is 0 Å². The van der Waals surface area contributed by atoms with Crippen molar-refractivity contribution in [2.75, 3.05) is 4.90 Å². The van der Waals surface area contributed by atoms with Crippen molar-refractivity contribution in [3.05, 3.63) is 124 Å². The van der Waals surface area contributed by atoms with Crippen molar-refractivity contribution in [2.45, 2.75) is 57.9 Å². The molecule has 1 aliphatic carbocycles. The lowest BCUT2D eigenvalue weighted by molar-refractivity contribution is -0.121. The Morgan fingerprint density at radius 3 is 2.34 bits per heavy atom. The first-order chi connectivity index (χ1) is 19.9. The molecular formula is C34H32FN3O3. The number of nitrogens with one attached hydrogen (secondary N) is 1. The number of aryl methyl sites for hydroxylation is 2. The molecule has 2 heterocycles. The van der Waals surface area contributed by atoms with Gasteiger partial charge in [-0.05, 0) is 74.4 Å². The minimum atomic E-state index is -0.516. The molecule has 3 aromatic carbocycles. The highest BCUT2D eigenvalue weighted by atomic mass is 19.1. The summed E-state index contributed by atoms with van der Waals surface area (Å²) >= 11 is 0. The Labute approximate surface area is 238 Å². The van der Waals surface area contributed by atoms with Gasteiger partial charge in [-0.3, -0.25) is 9.59 Å². The van der Waals surface area contributed by atoms with Crippen LogP contribution < -0.4 is 10.3 Å². The number of nitrogens with zero attached hydrogens (tertiary/aromatic N) is 2. The summed E-state index contributed by atoms with van der Waals surface area (Å²) in [5.41, 5.74) is 8.32. The Morgan fingerprint density at radius 1 is 0.976 bits per heavy atom. The second kappa shape index (κ2) is 11.2. The molecule has 41 heavy (non-hydrogen) atoms. The van der Waals surface area contributed by atoms with Gasteiger partial charge in [0.2, 0.25) is 0 Å². The summed E-state index contributed by atoms with van der Waals surface area (Å²) < 4.78 is 20.1. The van der Waals surface area contributed by atoms with Crippen LogP contribution in [0, 0.1) is 12.7 Å². The summed E-state index contributed by atoms with van der Waals surface area (Å²) in [5, 5.41) is 4.59. The van der Waals surface area contributed by atoms with Crippen molar-refractivity contribution >= 4 is 23.2 Å². The van der Waals surface area contributed by atoms with E-state index < -0.39 is 5.92 Å². The number of carbonyl (C=O) groups is 2. The summed E-state index contributed by atoms with van der Waals surface area (Å²) in [5.74, 6) is -0.319. The molecule has 2 amide bonds. The van der Waals surface area contributed by atoms with Gasteiger partial charge < -0.3 is 9.32 Å². The maximum Gasteiger partial charge on any atom is 0.294 e. The van der Waals surface area contributed by atoms with Gasteiger partial charge >= 0.3 is 0 Å². The fraction of sp³-hybridized carbons (Fsp3) is 0.265. The molecule has 1 N–H and O–H groups in total. The second-order valence-corrected chi connectivity index (χ2v) is 10.8. The van der Waals surface area contributed by atoms with Gasteiger partial charge in [-0.1, -0.05) is 60.7 Å². The van der Waals surface area contributed by atoms with Gasteiger partial charge in [0.15, 0.2) is 5.76 Å². The molecule has 0 bridgehead atoms. The fourth-order valence-electron chi connectivity index (χ4n) is 6.10. The van der Waals surface area contributed by atoms with Crippen LogP contribution in [0.2, 0.25) is 0 Å². The van der Waals surface area contributed by atoms with E-state index in [0.29, 0.717) is 29.9 Å². The molecule has 0 fully saturated rings. The van der Waals surface area contributed by atoms with E-state index in [1.807, 2.05) is 74.5 Å². The number of amides is 2. The number of benzene rings is 3. The van der Waals surface area contributed by atoms with Crippen molar-refractivity contribution in [3.63, 3.8) is 0 Å². The molecule has 1 unspecified atom stereocenters. The number of anilines is 1. The number of hydrogen-bond donors (Lipinski definition) is 1. The molecule has 6 nitrogen and oxygen atoms in total. The van der Waals surface area contributed by atoms with Gasteiger partial charge in [0.25, 0.3) is 11.8 Å². The first-order valence-electron chi connectivity index (χ1n) is 14.1. The van der Waals surface area contributed by atoms with Crippen molar-refractivity contribution in [2.24, 2.45) is 5.10 Å². The third-order valence-corrected chi connectivity index (χ3v) is 8.14. The van der Waals surface area contributed by atoms with E-state index in [4.69, 9.17) is 4.42 Å². The van der Waals surface area contributed by atoms with Crippen molar-refractivity contribution < 1.29 is 18.4 Å². The van der Waals surface area contributed by atoms with E-state index in [2.05, 4.69) is 10.5 Å². The monoisotopic (exact) mass is 549 g/mol. The minimum Gasteiger partial charge on any atom is -0.455 e. The Morgan fingerprint density at radius 2 is 1.66 bits per heavy atom. The van der Waals surface area contributed by atoms with Crippen LogP contribution in [-0.2, 0) is 17.6 Å². The quantitative estimate of drug-likeness (QED) is 0.282. The molecule has 4 aromatic rings. The highest BCUT2D eigenvalue weighted by Gasteiger charge is 2.35. The van der Waals surface area contributed by atoms with Crippen molar-refractivity contribution in [1.29, 1.82) is 0 Å². The average Bonchev–Trinajstić information content (AvgIpc) is 3.34. The molecule has 2 aliphatic rings. The van der Waals surface area contributed by atoms with Gasteiger partial charge in [0.05, 0.1) is 11.6 Å². The molecule has 7 heteroatoms. The number of carbonyl (C=O) groups excluding carboxylic acids is 2. The molecule has 208 valence electrons. The number of hydrogen-bond acceptors (Lipinski definition) is 4. The van der Waals surface area contributed by atoms with Gasteiger partial charge in [-0.25, -0.2) is 9.82 Å². The van der Waals surface area contributed by atoms with Crippen LogP contribution in [0.4, 0.5) is 10.1 Å². The summed E-state index contributed by atoms with van der Waals surface area (Å²) in [7, 11) is 0. The lowest BCUT2D eigenvalue weighted by Crippen LogP contribution is -2.42. The van der Waals surface area contributed by atoms with E-state index in [1.165, 1.54) is 12.1 Å². The van der Waals surface area contributed by atoms with E-state index >= 15 is 0 Å². The normalized spacial score (nSPS) is 17.3. The molecule has 0 saturated carbocycles. The Kier molecular flexibility index (Phi) is 7.26. The van der Waals surface area contributed by atoms with Gasteiger partial charge in [0, 0.05) is 29.3 Å². The first-order valence-corrected chi connectivity index (χ1v) is 14.1. The van der Waals surface area contributed by atoms with E-state index in [9.17, 15) is 14.0 Å². The zero-order chi connectivity index (χ0) is 28.5. The highest BCUT2D eigenvalue weighted by Crippen LogP contribution is 2.36. The molecule has 0 saturated heterocycles. The Balaban J connectivity index is 1.30. The lowest BCUT2D eigenvalue weighted by atomic mass is 9.90. The molecule has 1 aliphatic heterocycles. The Bertz CT molecular complexity index is 1590. The van der Waals surface area contributed by atoms with Crippen LogP contribution in [-0.4, -0.2) is 23.6 Å². The number of furan rings is 1. The number of hydrazone groups is 1. The highest BCUT2D eigenvalue weighted by molar-refractivity contribution is 6.10. The molecular weight excluding hydrogens is 517 g/mol. The zero-order valence-corrected chi connectivity index (χ0v) is 23.2. The van der Waals surface area contributed by atoms with Crippen LogP contribution in [0.5, 0.6) is 0 Å². The number of rotatable bonds is 5. The summed E-state index contributed by atoms with van der Waals surface area (Å²) in [4.78, 5) is 29.2. The molecule has 1 aromatic heterocycles. The average molecular weight is 550 g/mol. The van der Waals surface area contributed by atoms with Crippen LogP contribution >= 0.6 is 0 Å². The topological polar surface area (TPSA) is 74.9 Å². The largest absolute Gasteiger partial charge is 0.455 e. The predicted octanol–water partition coefficient (Wildman–Crippen LogP) is 6.70. The van der Waals surface area contributed by atoms with E-state index in [0.717, 1.165) is 47.2 Å². The molecule has 0 radical (unpaired) electrons. The number of fused-ring (bicyclic) bond motifs is 2. The predicted molar refractivity (Wildman–Crippen MR) is 157 cm³/mol. The maximum atomic E-state index is 13.9. The fourth-order valence-corrected chi connectivity index (χ4v) is 6.10. The lowest BCUT2D eigenvalue weighted by Gasteiger charge is -2.34. The Hall–Kier alpha value is -4.52. The molecule has 6 rings (SSSR count). The van der Waals surface area contributed by atoms with Gasteiger partial charge in [-0.2, -0.15) is 5.10 Å². The minimum absolute atomic E-state index is 0.0534. The summed E-state index contributed by atoms with van der Waals surface area (Å²) in [6.45, 7) is 3.87. The summed E-state index contributed by atoms with van der Waals surface area (Å²) in [6.07, 6.45) is 3.60. The third-order valence-electron chi connectivity index (χ3n) is 8.14. The first kappa shape index (κ1) is 26.7. The smallest absolute Gasteiger partial charge is 0.294 e. The van der Waals surface area contributed by atoms with Gasteiger partial charge in [0.1, 0.15) is 11.6 Å². The van der Waals surface area contributed by atoms with Gasteiger partial charge in [-0.15, -0.1) is 0 Å². The van der Waals surface area contributed by atoms with Crippen LogP contribution in [0.15, 0.2) is 88.4 Å². The van der Waals surface area contributed by atoms with E-state index in [1.54, 1.807) is 11.0 Å². The number of halogens is 1. The zero-order valence-electron chi connectivity index (χ0n) is 23.2. The standard InChI is InChI=1S/C34H32FN3O3/c1-21-16-17-25-20-26(35)18-19-28(25)38(21)34(40)32-22(2)30-27(14-9-15-29(30)41-32)36-37-33(39)31(23-10-5-3-6-11-23)24-12-7-4-8-13-24/h3-8,10-13,18-21,31H,9,14-17H2,1-2H3,(H,37,39)/b36-27+. The SMILES string of the molecule is Cc1c(C(=O)N2c3ccc(F)cc3CCC2C)oc2c1/C(=N/NC(=O)C(c1ccccc1)c1ccccc1)CCC2.